The number of piperidine rings is 2. The fraction of sp³-hybridized carbons (Fsp3) is 0.500. The summed E-state index contributed by atoms with van der Waals surface area (Å²) in [4.78, 5) is 45.9. The van der Waals surface area contributed by atoms with E-state index in [4.69, 9.17) is 4.74 Å². The minimum absolute atomic E-state index is 0.103. The molecule has 0 bridgehead atoms. The third-order valence-corrected chi connectivity index (χ3v) is 8.19. The summed E-state index contributed by atoms with van der Waals surface area (Å²) in [6, 6.07) is 11.4. The number of hydrogen-bond donors (Lipinski definition) is 1. The Balaban J connectivity index is 1.29. The molecule has 36 heavy (non-hydrogen) atoms. The molecule has 2 fully saturated rings. The molecule has 2 saturated heterocycles. The molecular formula is C28H34N4O4. The van der Waals surface area contributed by atoms with Crippen molar-refractivity contribution in [2.45, 2.75) is 56.1 Å². The maximum Gasteiger partial charge on any atom is 0.251 e. The Morgan fingerprint density at radius 2 is 1.83 bits per heavy atom. The summed E-state index contributed by atoms with van der Waals surface area (Å²) in [6.45, 7) is 2.53. The molecule has 3 heterocycles. The number of carbonyl (C=O) groups is 3. The summed E-state index contributed by atoms with van der Waals surface area (Å²) in [5.41, 5.74) is 2.56. The van der Waals surface area contributed by atoms with Crippen molar-refractivity contribution < 1.29 is 19.1 Å². The van der Waals surface area contributed by atoms with Gasteiger partial charge in [-0.2, -0.15) is 0 Å². The van der Waals surface area contributed by atoms with Crippen molar-refractivity contribution >= 4 is 17.7 Å². The van der Waals surface area contributed by atoms with Crippen molar-refractivity contribution in [3.63, 3.8) is 0 Å². The van der Waals surface area contributed by atoms with Gasteiger partial charge in [-0.25, -0.2) is 0 Å². The predicted molar refractivity (Wildman–Crippen MR) is 134 cm³/mol. The smallest absolute Gasteiger partial charge is 0.251 e. The summed E-state index contributed by atoms with van der Waals surface area (Å²) in [5.74, 6) is 0.110. The number of hydrogen-bond acceptors (Lipinski definition) is 5. The van der Waals surface area contributed by atoms with Crippen molar-refractivity contribution in [3.8, 4) is 0 Å². The maximum atomic E-state index is 13.0. The topological polar surface area (TPSA) is 91.8 Å². The van der Waals surface area contributed by atoms with Crippen LogP contribution in [0.1, 0.15) is 66.1 Å². The lowest BCUT2D eigenvalue weighted by atomic mass is 9.71. The van der Waals surface area contributed by atoms with Crippen molar-refractivity contribution in [3.05, 3.63) is 65.5 Å². The number of nitrogens with zero attached hydrogens (tertiary/aromatic N) is 3. The average molecular weight is 491 g/mol. The van der Waals surface area contributed by atoms with Gasteiger partial charge in [0.1, 0.15) is 0 Å². The molecule has 0 radical (unpaired) electrons. The van der Waals surface area contributed by atoms with E-state index in [0.29, 0.717) is 38.0 Å². The lowest BCUT2D eigenvalue weighted by molar-refractivity contribution is -0.137. The van der Waals surface area contributed by atoms with Gasteiger partial charge in [-0.05, 0) is 48.9 Å². The maximum absolute atomic E-state index is 13.0. The molecule has 5 rings (SSSR count). The lowest BCUT2D eigenvalue weighted by Gasteiger charge is -2.44. The molecule has 3 amide bonds. The highest BCUT2D eigenvalue weighted by atomic mass is 16.5. The van der Waals surface area contributed by atoms with E-state index < -0.39 is 0 Å². The first-order chi connectivity index (χ1) is 17.5. The quantitative estimate of drug-likeness (QED) is 0.672. The van der Waals surface area contributed by atoms with Crippen LogP contribution in [0.25, 0.3) is 0 Å². The van der Waals surface area contributed by atoms with Crippen LogP contribution in [0.3, 0.4) is 0 Å². The van der Waals surface area contributed by atoms with Crippen molar-refractivity contribution in [2.75, 3.05) is 33.3 Å². The third kappa shape index (κ3) is 4.50. The lowest BCUT2D eigenvalue weighted by Crippen LogP contribution is -2.52. The van der Waals surface area contributed by atoms with Crippen LogP contribution in [0, 0.1) is 0 Å². The average Bonchev–Trinajstić information content (AvgIpc) is 3.17. The van der Waals surface area contributed by atoms with Crippen LogP contribution in [0.5, 0.6) is 0 Å². The monoisotopic (exact) mass is 490 g/mol. The second kappa shape index (κ2) is 10.4. The van der Waals surface area contributed by atoms with E-state index in [2.05, 4.69) is 22.4 Å². The van der Waals surface area contributed by atoms with Gasteiger partial charge in [-0.1, -0.05) is 24.3 Å². The number of aromatic nitrogens is 1. The number of benzene rings is 1. The summed E-state index contributed by atoms with van der Waals surface area (Å²) in [5, 5.41) is 3.21. The molecule has 2 aliphatic heterocycles. The van der Waals surface area contributed by atoms with Gasteiger partial charge in [0, 0.05) is 69.5 Å². The molecule has 0 unspecified atom stereocenters. The standard InChI is InChI=1S/C28H34N4O4/c1-36-26-25(30-27(35)20-9-14-29-15-10-20)21-6-2-3-7-22(21)28(26)12-18-32(19-13-28)24(34)11-17-31-16-5-4-8-23(31)33/h2-3,6-7,9-10,14-15,25-26H,4-5,8,11-13,16-19H2,1H3,(H,30,35)/t25-,26+/m0/s1. The summed E-state index contributed by atoms with van der Waals surface area (Å²) < 4.78 is 6.10. The largest absolute Gasteiger partial charge is 0.378 e. The van der Waals surface area contributed by atoms with Gasteiger partial charge < -0.3 is 19.9 Å². The molecule has 1 N–H and O–H groups in total. The van der Waals surface area contributed by atoms with Gasteiger partial charge in [0.15, 0.2) is 0 Å². The molecule has 0 saturated carbocycles. The number of pyridine rings is 1. The molecular weight excluding hydrogens is 456 g/mol. The van der Waals surface area contributed by atoms with E-state index in [1.54, 1.807) is 31.6 Å². The summed E-state index contributed by atoms with van der Waals surface area (Å²) in [6.07, 6.45) is 7.44. The second-order valence-electron chi connectivity index (χ2n) is 10.1. The van der Waals surface area contributed by atoms with Crippen molar-refractivity contribution in [2.24, 2.45) is 0 Å². The Labute approximate surface area is 212 Å². The van der Waals surface area contributed by atoms with Crippen LogP contribution in [-0.4, -0.2) is 71.9 Å². The highest BCUT2D eigenvalue weighted by Crippen LogP contribution is 2.52. The number of likely N-dealkylation sites (tertiary alicyclic amines) is 2. The molecule has 2 aromatic rings. The number of ether oxygens (including phenoxy) is 1. The number of fused-ring (bicyclic) bond motifs is 2. The molecule has 1 aliphatic carbocycles. The Kier molecular flexibility index (Phi) is 7.05. The SMILES string of the molecule is CO[C@@H]1[C@@H](NC(=O)c2ccncc2)c2ccccc2C12CCN(C(=O)CCN1CCCCC1=O)CC2. The van der Waals surface area contributed by atoms with Gasteiger partial charge in [-0.3, -0.25) is 19.4 Å². The molecule has 190 valence electrons. The fourth-order valence-electron chi connectivity index (χ4n) is 6.30. The minimum atomic E-state index is -0.278. The third-order valence-electron chi connectivity index (χ3n) is 8.19. The first-order valence-electron chi connectivity index (χ1n) is 12.9. The van der Waals surface area contributed by atoms with Gasteiger partial charge >= 0.3 is 0 Å². The fourth-order valence-corrected chi connectivity index (χ4v) is 6.30. The zero-order valence-electron chi connectivity index (χ0n) is 20.8. The molecule has 8 heteroatoms. The number of carbonyl (C=O) groups excluding carboxylic acids is 3. The van der Waals surface area contributed by atoms with Gasteiger partial charge in [0.05, 0.1) is 12.1 Å². The van der Waals surface area contributed by atoms with E-state index in [0.717, 1.165) is 37.8 Å². The highest BCUT2D eigenvalue weighted by molar-refractivity contribution is 5.94. The predicted octanol–water partition coefficient (Wildman–Crippen LogP) is 2.84. The number of methoxy groups -OCH3 is 1. The zero-order chi connectivity index (χ0) is 25.1. The normalized spacial score (nSPS) is 23.0. The van der Waals surface area contributed by atoms with Crippen LogP contribution >= 0.6 is 0 Å². The molecule has 2 atom stereocenters. The molecule has 1 aromatic heterocycles. The van der Waals surface area contributed by atoms with Crippen molar-refractivity contribution in [1.29, 1.82) is 0 Å². The van der Waals surface area contributed by atoms with E-state index >= 15 is 0 Å². The van der Waals surface area contributed by atoms with Gasteiger partial charge in [0.2, 0.25) is 11.8 Å². The Morgan fingerprint density at radius 3 is 2.56 bits per heavy atom. The van der Waals surface area contributed by atoms with Crippen LogP contribution in [-0.2, 0) is 19.7 Å². The van der Waals surface area contributed by atoms with E-state index in [-0.39, 0.29) is 35.3 Å². The second-order valence-corrected chi connectivity index (χ2v) is 10.1. The van der Waals surface area contributed by atoms with Gasteiger partial charge in [0.25, 0.3) is 5.91 Å². The number of amides is 3. The Morgan fingerprint density at radius 1 is 1.08 bits per heavy atom. The summed E-state index contributed by atoms with van der Waals surface area (Å²) >= 11 is 0. The number of rotatable bonds is 6. The zero-order valence-corrected chi connectivity index (χ0v) is 20.8. The minimum Gasteiger partial charge on any atom is -0.378 e. The van der Waals surface area contributed by atoms with Crippen LogP contribution < -0.4 is 5.32 Å². The van der Waals surface area contributed by atoms with E-state index in [1.807, 2.05) is 21.9 Å². The van der Waals surface area contributed by atoms with Crippen LogP contribution in [0.4, 0.5) is 0 Å². The highest BCUT2D eigenvalue weighted by Gasteiger charge is 2.54. The molecule has 8 nitrogen and oxygen atoms in total. The van der Waals surface area contributed by atoms with Gasteiger partial charge in [-0.15, -0.1) is 0 Å². The molecule has 1 aromatic carbocycles. The number of nitrogens with one attached hydrogen (secondary N) is 1. The molecule has 3 aliphatic rings. The van der Waals surface area contributed by atoms with E-state index in [9.17, 15) is 14.4 Å². The van der Waals surface area contributed by atoms with Crippen LogP contribution in [0.2, 0.25) is 0 Å². The summed E-state index contributed by atoms with van der Waals surface area (Å²) in [7, 11) is 1.71. The van der Waals surface area contributed by atoms with E-state index in [1.165, 1.54) is 5.56 Å². The Bertz CT molecular complexity index is 1110. The first-order valence-corrected chi connectivity index (χ1v) is 12.9. The Hall–Kier alpha value is -3.26. The molecule has 1 spiro atoms. The van der Waals surface area contributed by atoms with Crippen molar-refractivity contribution in [1.82, 2.24) is 20.1 Å². The first kappa shape index (κ1) is 24.4. The van der Waals surface area contributed by atoms with Crippen LogP contribution in [0.15, 0.2) is 48.8 Å².